The molecule has 1 saturated carbocycles. The monoisotopic (exact) mass is 298 g/mol. The molecular formula is C16H14N2O2S. The molecule has 0 saturated heterocycles. The van der Waals surface area contributed by atoms with Gasteiger partial charge >= 0.3 is 0 Å². The van der Waals surface area contributed by atoms with Gasteiger partial charge in [-0.15, -0.1) is 0 Å². The summed E-state index contributed by atoms with van der Waals surface area (Å²) in [7, 11) is -3.60. The Morgan fingerprint density at radius 1 is 0.952 bits per heavy atom. The van der Waals surface area contributed by atoms with E-state index < -0.39 is 10.0 Å². The van der Waals surface area contributed by atoms with Crippen molar-refractivity contribution in [1.29, 1.82) is 0 Å². The van der Waals surface area contributed by atoms with E-state index in [1.165, 1.54) is 3.97 Å². The Morgan fingerprint density at radius 3 is 2.33 bits per heavy atom. The lowest BCUT2D eigenvalue weighted by molar-refractivity contribution is 0.586. The van der Waals surface area contributed by atoms with Crippen molar-refractivity contribution >= 4 is 21.1 Å². The molecule has 1 fully saturated rings. The smallest absolute Gasteiger partial charge is 0.232 e. The van der Waals surface area contributed by atoms with E-state index >= 15 is 0 Å². The molecule has 1 aliphatic carbocycles. The number of para-hydroxylation sites is 2. The summed E-state index contributed by atoms with van der Waals surface area (Å²) in [5.41, 5.74) is 1.39. The quantitative estimate of drug-likeness (QED) is 0.746. The number of hydrogen-bond donors (Lipinski definition) is 0. The number of benzene rings is 2. The van der Waals surface area contributed by atoms with Crippen LogP contribution in [0.4, 0.5) is 0 Å². The molecule has 0 unspecified atom stereocenters. The maximum atomic E-state index is 13.0. The van der Waals surface area contributed by atoms with Crippen LogP contribution in [0, 0.1) is 0 Å². The maximum absolute atomic E-state index is 13.0. The average Bonchev–Trinajstić information content (AvgIpc) is 3.28. The van der Waals surface area contributed by atoms with Crippen molar-refractivity contribution in [3.63, 3.8) is 0 Å². The van der Waals surface area contributed by atoms with Crippen LogP contribution < -0.4 is 0 Å². The highest BCUT2D eigenvalue weighted by Gasteiger charge is 2.34. The van der Waals surface area contributed by atoms with Gasteiger partial charge in [-0.1, -0.05) is 30.3 Å². The number of hydrogen-bond acceptors (Lipinski definition) is 3. The first kappa shape index (κ1) is 12.6. The van der Waals surface area contributed by atoms with E-state index in [-0.39, 0.29) is 5.92 Å². The van der Waals surface area contributed by atoms with Crippen molar-refractivity contribution in [2.45, 2.75) is 23.7 Å². The molecule has 5 heteroatoms. The van der Waals surface area contributed by atoms with Crippen LogP contribution in [0.15, 0.2) is 59.5 Å². The number of rotatable bonds is 3. The Hall–Kier alpha value is -2.14. The largest absolute Gasteiger partial charge is 0.269 e. The fraction of sp³-hybridized carbons (Fsp3) is 0.188. The van der Waals surface area contributed by atoms with Gasteiger partial charge in [0, 0.05) is 5.92 Å². The molecule has 106 valence electrons. The number of fused-ring (bicyclic) bond motifs is 1. The molecule has 4 rings (SSSR count). The summed E-state index contributed by atoms with van der Waals surface area (Å²) in [6.07, 6.45) is 2.02. The summed E-state index contributed by atoms with van der Waals surface area (Å²) in [6.45, 7) is 0. The van der Waals surface area contributed by atoms with Crippen LogP contribution >= 0.6 is 0 Å². The van der Waals surface area contributed by atoms with Crippen LogP contribution in [-0.4, -0.2) is 17.4 Å². The molecule has 1 heterocycles. The number of nitrogens with zero attached hydrogens (tertiary/aromatic N) is 2. The van der Waals surface area contributed by atoms with E-state index in [2.05, 4.69) is 4.98 Å². The minimum Gasteiger partial charge on any atom is -0.232 e. The van der Waals surface area contributed by atoms with Crippen molar-refractivity contribution in [2.24, 2.45) is 0 Å². The summed E-state index contributed by atoms with van der Waals surface area (Å²) in [6, 6.07) is 15.9. The summed E-state index contributed by atoms with van der Waals surface area (Å²) >= 11 is 0. The van der Waals surface area contributed by atoms with Crippen molar-refractivity contribution in [3.8, 4) is 0 Å². The van der Waals surface area contributed by atoms with Gasteiger partial charge in [-0.2, -0.15) is 0 Å². The third-order valence-corrected chi connectivity index (χ3v) is 5.50. The molecular weight excluding hydrogens is 284 g/mol. The van der Waals surface area contributed by atoms with Crippen molar-refractivity contribution in [3.05, 3.63) is 60.4 Å². The van der Waals surface area contributed by atoms with Gasteiger partial charge in [0.15, 0.2) is 0 Å². The highest BCUT2D eigenvalue weighted by atomic mass is 32.2. The van der Waals surface area contributed by atoms with Crippen molar-refractivity contribution < 1.29 is 8.42 Å². The summed E-state index contributed by atoms with van der Waals surface area (Å²) in [4.78, 5) is 4.85. The summed E-state index contributed by atoms with van der Waals surface area (Å²) < 4.78 is 27.4. The van der Waals surface area contributed by atoms with Gasteiger partial charge in [0.05, 0.1) is 15.9 Å². The molecule has 0 spiro atoms. The Kier molecular flexibility index (Phi) is 2.65. The molecule has 2 aromatic carbocycles. The third-order valence-electron chi connectivity index (χ3n) is 3.77. The van der Waals surface area contributed by atoms with Crippen molar-refractivity contribution in [2.75, 3.05) is 0 Å². The van der Waals surface area contributed by atoms with Crippen LogP contribution in [0.2, 0.25) is 0 Å². The fourth-order valence-corrected chi connectivity index (χ4v) is 4.13. The lowest BCUT2D eigenvalue weighted by Gasteiger charge is -2.10. The van der Waals surface area contributed by atoms with E-state index in [4.69, 9.17) is 0 Å². The van der Waals surface area contributed by atoms with E-state index in [1.54, 1.807) is 24.3 Å². The molecule has 0 N–H and O–H groups in total. The van der Waals surface area contributed by atoms with E-state index in [0.29, 0.717) is 16.2 Å². The van der Waals surface area contributed by atoms with E-state index in [0.717, 1.165) is 18.4 Å². The topological polar surface area (TPSA) is 52.0 Å². The van der Waals surface area contributed by atoms with Gasteiger partial charge in [0.2, 0.25) is 0 Å². The molecule has 3 aromatic rings. The number of aromatic nitrogens is 2. The third kappa shape index (κ3) is 1.96. The molecule has 0 bridgehead atoms. The zero-order chi connectivity index (χ0) is 14.4. The van der Waals surface area contributed by atoms with Crippen LogP contribution in [0.1, 0.15) is 24.6 Å². The SMILES string of the molecule is O=S(=O)(c1ccccc1)n1c(C2CC2)nc2ccccc21. The Balaban J connectivity index is 2.03. The average molecular weight is 298 g/mol. The molecule has 4 nitrogen and oxygen atoms in total. The maximum Gasteiger partial charge on any atom is 0.269 e. The Morgan fingerprint density at radius 2 is 1.62 bits per heavy atom. The Labute approximate surface area is 123 Å². The fourth-order valence-electron chi connectivity index (χ4n) is 2.57. The first-order valence-electron chi connectivity index (χ1n) is 6.96. The second kappa shape index (κ2) is 4.43. The highest BCUT2D eigenvalue weighted by Crippen LogP contribution is 2.41. The predicted octanol–water partition coefficient (Wildman–Crippen LogP) is 3.15. The molecule has 1 aromatic heterocycles. The lowest BCUT2D eigenvalue weighted by atomic mass is 10.3. The Bertz CT molecular complexity index is 910. The van der Waals surface area contributed by atoms with E-state index in [9.17, 15) is 8.42 Å². The zero-order valence-corrected chi connectivity index (χ0v) is 12.1. The first-order valence-corrected chi connectivity index (χ1v) is 8.40. The molecule has 0 amide bonds. The zero-order valence-electron chi connectivity index (χ0n) is 11.3. The molecule has 0 aliphatic heterocycles. The van der Waals surface area contributed by atoms with Gasteiger partial charge in [0.25, 0.3) is 10.0 Å². The number of imidazole rings is 1. The van der Waals surface area contributed by atoms with Gasteiger partial charge in [-0.25, -0.2) is 17.4 Å². The minimum atomic E-state index is -3.60. The van der Waals surface area contributed by atoms with Gasteiger partial charge in [-0.05, 0) is 37.1 Å². The van der Waals surface area contributed by atoms with Crippen LogP contribution in [0.3, 0.4) is 0 Å². The van der Waals surface area contributed by atoms with Crippen LogP contribution in [-0.2, 0) is 10.0 Å². The second-order valence-corrected chi connectivity index (χ2v) is 7.10. The normalized spacial score (nSPS) is 15.4. The van der Waals surface area contributed by atoms with E-state index in [1.807, 2.05) is 30.3 Å². The molecule has 0 atom stereocenters. The van der Waals surface area contributed by atoms with Gasteiger partial charge in [0.1, 0.15) is 5.82 Å². The molecule has 21 heavy (non-hydrogen) atoms. The molecule has 0 radical (unpaired) electrons. The lowest BCUT2D eigenvalue weighted by Crippen LogP contribution is -2.15. The van der Waals surface area contributed by atoms with Crippen molar-refractivity contribution in [1.82, 2.24) is 8.96 Å². The first-order chi connectivity index (χ1) is 10.2. The highest BCUT2D eigenvalue weighted by molar-refractivity contribution is 7.90. The van der Waals surface area contributed by atoms with Crippen LogP contribution in [0.25, 0.3) is 11.0 Å². The minimum absolute atomic E-state index is 0.260. The van der Waals surface area contributed by atoms with Gasteiger partial charge in [-0.3, -0.25) is 0 Å². The predicted molar refractivity (Wildman–Crippen MR) is 80.7 cm³/mol. The summed E-state index contributed by atoms with van der Waals surface area (Å²) in [5, 5.41) is 0. The van der Waals surface area contributed by atoms with Crippen LogP contribution in [0.5, 0.6) is 0 Å². The van der Waals surface area contributed by atoms with Gasteiger partial charge < -0.3 is 0 Å². The summed E-state index contributed by atoms with van der Waals surface area (Å²) in [5.74, 6) is 0.927. The molecule has 1 aliphatic rings. The standard InChI is InChI=1S/C16H14N2O2S/c19-21(20,13-6-2-1-3-7-13)18-15-9-5-4-8-14(15)17-16(18)12-10-11-12/h1-9,12H,10-11H2. The second-order valence-electron chi connectivity index (χ2n) is 5.32.